The molecule has 0 aliphatic rings. The topological polar surface area (TPSA) is 40.5 Å². The minimum atomic E-state index is -0.468. The Balaban J connectivity index is 3.58. The van der Waals surface area contributed by atoms with Crippen LogP contribution in [0.2, 0.25) is 5.32 Å². The normalized spacial score (nSPS) is 21.0. The molecule has 0 heterocycles. The van der Waals surface area contributed by atoms with Crippen LogP contribution in [-0.2, 0) is 16.0 Å². The third kappa shape index (κ3) is 3.21. The average molecular weight is 173 g/mol. The van der Waals surface area contributed by atoms with Crippen molar-refractivity contribution < 1.29 is 26.2 Å². The van der Waals surface area contributed by atoms with Crippen LogP contribution in [-0.4, -0.2) is 22.4 Å². The molecule has 0 bridgehead atoms. The van der Waals surface area contributed by atoms with Gasteiger partial charge in [-0.3, -0.25) is 0 Å². The van der Waals surface area contributed by atoms with Crippen molar-refractivity contribution in [1.29, 1.82) is 0 Å². The summed E-state index contributed by atoms with van der Waals surface area (Å²) in [6, 6.07) is 0. The van der Waals surface area contributed by atoms with Gasteiger partial charge in [0.05, 0.1) is 0 Å². The van der Waals surface area contributed by atoms with Gasteiger partial charge in [0, 0.05) is 0 Å². The molecule has 0 radical (unpaired) electrons. The summed E-state index contributed by atoms with van der Waals surface area (Å²) in [4.78, 5) is 0. The molecule has 3 heteroatoms. The molecule has 0 rings (SSSR count). The predicted molar refractivity (Wildman–Crippen MR) is 31.7 cm³/mol. The molecular formula is C6H13FeO2. The van der Waals surface area contributed by atoms with Crippen molar-refractivity contribution in [1.82, 2.24) is 0 Å². The Bertz CT molecular complexity index is 75.5. The van der Waals surface area contributed by atoms with Crippen LogP contribution in [0.15, 0.2) is 0 Å². The molecule has 0 aliphatic carbocycles. The molecule has 0 aromatic rings. The molecule has 2 nitrogen and oxygen atoms in total. The number of hydrogen-bond donors (Lipinski definition) is 2. The van der Waals surface area contributed by atoms with E-state index in [1.165, 1.54) is 0 Å². The fourth-order valence-electron chi connectivity index (χ4n) is 0.453. The van der Waals surface area contributed by atoms with E-state index in [4.69, 9.17) is 10.2 Å². The van der Waals surface area contributed by atoms with Crippen molar-refractivity contribution >= 4 is 0 Å². The first-order valence-corrected chi connectivity index (χ1v) is 3.78. The van der Waals surface area contributed by atoms with Crippen LogP contribution in [0.4, 0.5) is 0 Å². The van der Waals surface area contributed by atoms with Gasteiger partial charge in [-0.25, -0.2) is 0 Å². The fraction of sp³-hybridized carbons (Fsp3) is 1.00. The van der Waals surface area contributed by atoms with Crippen molar-refractivity contribution in [2.45, 2.75) is 31.4 Å². The first kappa shape index (κ1) is 9.44. The maximum atomic E-state index is 9.07. The van der Waals surface area contributed by atoms with Crippen LogP contribution < -0.4 is 0 Å². The Kier molecular flexibility index (Phi) is 4.50. The van der Waals surface area contributed by atoms with Gasteiger partial charge in [0.1, 0.15) is 0 Å². The molecule has 0 amide bonds. The van der Waals surface area contributed by atoms with Gasteiger partial charge in [-0.2, -0.15) is 0 Å². The fourth-order valence-corrected chi connectivity index (χ4v) is 0.863. The van der Waals surface area contributed by atoms with Gasteiger partial charge < -0.3 is 0 Å². The Morgan fingerprint density at radius 2 is 1.78 bits per heavy atom. The summed E-state index contributed by atoms with van der Waals surface area (Å²) >= 11 is 3.53. The molecule has 0 aromatic heterocycles. The van der Waals surface area contributed by atoms with Crippen LogP contribution in [0, 0.1) is 5.92 Å². The number of aliphatic hydroxyl groups excluding tert-OH is 2. The molecule has 0 aliphatic heterocycles. The Morgan fingerprint density at radius 1 is 1.33 bits per heavy atom. The van der Waals surface area contributed by atoms with Crippen molar-refractivity contribution in [3.05, 3.63) is 0 Å². The molecule has 0 fully saturated rings. The first-order valence-electron chi connectivity index (χ1n) is 3.00. The van der Waals surface area contributed by atoms with Crippen LogP contribution >= 0.6 is 0 Å². The first-order chi connectivity index (χ1) is 4.09. The van der Waals surface area contributed by atoms with Crippen LogP contribution in [0.25, 0.3) is 0 Å². The van der Waals surface area contributed by atoms with E-state index in [0.29, 0.717) is 5.32 Å². The zero-order valence-corrected chi connectivity index (χ0v) is 6.79. The van der Waals surface area contributed by atoms with Crippen molar-refractivity contribution in [3.8, 4) is 0 Å². The second-order valence-electron chi connectivity index (χ2n) is 2.31. The zero-order valence-electron chi connectivity index (χ0n) is 5.69. The van der Waals surface area contributed by atoms with E-state index in [9.17, 15) is 0 Å². The zero-order chi connectivity index (χ0) is 7.44. The number of aliphatic hydroxyl groups is 2. The molecule has 0 aromatic carbocycles. The van der Waals surface area contributed by atoms with E-state index >= 15 is 0 Å². The van der Waals surface area contributed by atoms with E-state index < -0.39 is 12.2 Å². The van der Waals surface area contributed by atoms with Crippen molar-refractivity contribution in [2.24, 2.45) is 5.92 Å². The molecule has 2 N–H and O–H groups in total. The van der Waals surface area contributed by atoms with Crippen LogP contribution in [0.1, 0.15) is 13.8 Å². The van der Waals surface area contributed by atoms with Gasteiger partial charge in [-0.05, 0) is 0 Å². The second-order valence-corrected chi connectivity index (χ2v) is 2.76. The average Bonchev–Trinajstić information content (AvgIpc) is 1.84. The Hall–Kier alpha value is 0.439. The van der Waals surface area contributed by atoms with Gasteiger partial charge in [-0.15, -0.1) is 0 Å². The summed E-state index contributed by atoms with van der Waals surface area (Å²) < 4.78 is 0. The van der Waals surface area contributed by atoms with Crippen molar-refractivity contribution in [3.63, 3.8) is 0 Å². The molecule has 3 unspecified atom stereocenters. The summed E-state index contributed by atoms with van der Waals surface area (Å²) in [5.74, 6) is -0.0671. The van der Waals surface area contributed by atoms with Crippen molar-refractivity contribution in [2.75, 3.05) is 0 Å². The van der Waals surface area contributed by atoms with Gasteiger partial charge in [0.25, 0.3) is 0 Å². The molecular weight excluding hydrogens is 160 g/mol. The predicted octanol–water partition coefficient (Wildman–Crippen LogP) is 0.329. The van der Waals surface area contributed by atoms with Gasteiger partial charge >= 0.3 is 63.5 Å². The Morgan fingerprint density at radius 3 is 1.89 bits per heavy atom. The maximum absolute atomic E-state index is 9.07. The van der Waals surface area contributed by atoms with E-state index in [0.717, 1.165) is 0 Å². The molecule has 0 spiro atoms. The van der Waals surface area contributed by atoms with E-state index in [1.807, 2.05) is 0 Å². The third-order valence-electron chi connectivity index (χ3n) is 1.52. The summed E-state index contributed by atoms with van der Waals surface area (Å²) in [7, 11) is 0. The summed E-state index contributed by atoms with van der Waals surface area (Å²) in [6.07, 6.45) is -0.910. The second kappa shape index (κ2) is 4.29. The Labute approximate surface area is 64.1 Å². The minimum absolute atomic E-state index is 0.0671. The van der Waals surface area contributed by atoms with Gasteiger partial charge in [0.15, 0.2) is 0 Å². The van der Waals surface area contributed by atoms with Gasteiger partial charge in [-0.1, -0.05) is 0 Å². The van der Waals surface area contributed by atoms with E-state index in [1.54, 1.807) is 13.8 Å². The summed E-state index contributed by atoms with van der Waals surface area (Å²) in [6.45, 7) is 3.48. The third-order valence-corrected chi connectivity index (χ3v) is 1.98. The standard InChI is InChI=1S/C6H13O2.Fe/c1-4(5(2)7)6(3)8;/h4-8H,2H2,1,3H3;. The molecule has 0 saturated heterocycles. The monoisotopic (exact) mass is 173 g/mol. The summed E-state index contributed by atoms with van der Waals surface area (Å²) in [5.41, 5.74) is 0. The number of rotatable bonds is 3. The molecule has 57 valence electrons. The SMILES string of the molecule is CC(O)C(C)C(O)[CH2][Fe]. The molecule has 3 atom stereocenters. The quantitative estimate of drug-likeness (QED) is 0.603. The summed E-state index contributed by atoms with van der Waals surface area (Å²) in [5, 5.41) is 18.5. The molecule has 9 heavy (non-hydrogen) atoms. The van der Waals surface area contributed by atoms with Gasteiger partial charge in [0.2, 0.25) is 0 Å². The van der Waals surface area contributed by atoms with Crippen LogP contribution in [0.3, 0.4) is 0 Å². The number of hydrogen-bond acceptors (Lipinski definition) is 2. The van der Waals surface area contributed by atoms with E-state index in [-0.39, 0.29) is 5.92 Å². The molecule has 0 saturated carbocycles. The van der Waals surface area contributed by atoms with Crippen LogP contribution in [0.5, 0.6) is 0 Å². The van der Waals surface area contributed by atoms with E-state index in [2.05, 4.69) is 16.0 Å².